The average Bonchev–Trinajstić information content (AvgIpc) is 2.81. The number of hydrogen-bond donors (Lipinski definition) is 2. The van der Waals surface area contributed by atoms with Crippen molar-refractivity contribution in [2.75, 3.05) is 23.8 Å². The van der Waals surface area contributed by atoms with E-state index < -0.39 is 11.7 Å². The molecule has 0 saturated heterocycles. The Kier molecular flexibility index (Phi) is 8.41. The van der Waals surface area contributed by atoms with Crippen LogP contribution in [0.2, 0.25) is 0 Å². The SMILES string of the molecule is CCOc1cc(NC(=O)c2cccc(F)c2)c(OCC)cc1NC(=O)CCc1ccccc1. The summed E-state index contributed by atoms with van der Waals surface area (Å²) in [5.74, 6) is -0.403. The van der Waals surface area contributed by atoms with Crippen molar-refractivity contribution in [3.63, 3.8) is 0 Å². The standard InChI is InChI=1S/C26H27FN2O4/c1-3-32-23-17-22(29-26(31)19-11-8-12-20(27)15-19)24(33-4-2)16-21(23)28-25(30)14-13-18-9-6-5-7-10-18/h5-12,15-17H,3-4,13-14H2,1-2H3,(H,28,30)(H,29,31). The Morgan fingerprint density at radius 2 is 1.45 bits per heavy atom. The zero-order valence-electron chi connectivity index (χ0n) is 18.7. The summed E-state index contributed by atoms with van der Waals surface area (Å²) < 4.78 is 24.9. The molecule has 3 rings (SSSR count). The molecule has 0 bridgehead atoms. The summed E-state index contributed by atoms with van der Waals surface area (Å²) in [4.78, 5) is 25.2. The van der Waals surface area contributed by atoms with Gasteiger partial charge < -0.3 is 20.1 Å². The predicted octanol–water partition coefficient (Wildman–Crippen LogP) is 5.45. The van der Waals surface area contributed by atoms with Crippen LogP contribution < -0.4 is 20.1 Å². The lowest BCUT2D eigenvalue weighted by atomic mass is 10.1. The van der Waals surface area contributed by atoms with Crippen LogP contribution in [-0.2, 0) is 11.2 Å². The van der Waals surface area contributed by atoms with Crippen LogP contribution in [0.4, 0.5) is 15.8 Å². The smallest absolute Gasteiger partial charge is 0.255 e. The van der Waals surface area contributed by atoms with Gasteiger partial charge in [0.05, 0.1) is 24.6 Å². The third-order valence-corrected chi connectivity index (χ3v) is 4.77. The number of amides is 2. The van der Waals surface area contributed by atoms with Gasteiger partial charge in [0.1, 0.15) is 17.3 Å². The van der Waals surface area contributed by atoms with E-state index in [4.69, 9.17) is 9.47 Å². The molecule has 0 aliphatic heterocycles. The molecular weight excluding hydrogens is 423 g/mol. The Labute approximate surface area is 192 Å². The van der Waals surface area contributed by atoms with Crippen LogP contribution in [0.25, 0.3) is 0 Å². The normalized spacial score (nSPS) is 10.4. The summed E-state index contributed by atoms with van der Waals surface area (Å²) in [5, 5.41) is 5.62. The van der Waals surface area contributed by atoms with E-state index in [0.717, 1.165) is 11.6 Å². The first-order chi connectivity index (χ1) is 16.0. The highest BCUT2D eigenvalue weighted by atomic mass is 19.1. The summed E-state index contributed by atoms with van der Waals surface area (Å²) in [7, 11) is 0. The number of aryl methyl sites for hydroxylation is 1. The highest BCUT2D eigenvalue weighted by molar-refractivity contribution is 6.05. The lowest BCUT2D eigenvalue weighted by Gasteiger charge is -2.18. The van der Waals surface area contributed by atoms with Crippen molar-refractivity contribution in [3.8, 4) is 11.5 Å². The van der Waals surface area contributed by atoms with E-state index in [2.05, 4.69) is 10.6 Å². The number of carbonyl (C=O) groups excluding carboxylic acids is 2. The lowest BCUT2D eigenvalue weighted by molar-refractivity contribution is -0.116. The number of benzene rings is 3. The molecule has 0 aromatic heterocycles. The van der Waals surface area contributed by atoms with Crippen LogP contribution in [0.5, 0.6) is 11.5 Å². The van der Waals surface area contributed by atoms with E-state index in [-0.39, 0.29) is 11.5 Å². The Bertz CT molecular complexity index is 1100. The highest BCUT2D eigenvalue weighted by Crippen LogP contribution is 2.37. The number of nitrogens with one attached hydrogen (secondary N) is 2. The van der Waals surface area contributed by atoms with Crippen molar-refractivity contribution in [1.82, 2.24) is 0 Å². The van der Waals surface area contributed by atoms with Gasteiger partial charge in [0.15, 0.2) is 0 Å². The van der Waals surface area contributed by atoms with Gasteiger partial charge in [-0.15, -0.1) is 0 Å². The van der Waals surface area contributed by atoms with Gasteiger partial charge in [0.25, 0.3) is 5.91 Å². The molecule has 6 nitrogen and oxygen atoms in total. The van der Waals surface area contributed by atoms with Crippen molar-refractivity contribution in [2.24, 2.45) is 0 Å². The molecule has 3 aromatic rings. The monoisotopic (exact) mass is 450 g/mol. The van der Waals surface area contributed by atoms with Gasteiger partial charge in [-0.1, -0.05) is 36.4 Å². The van der Waals surface area contributed by atoms with Crippen molar-refractivity contribution < 1.29 is 23.5 Å². The van der Waals surface area contributed by atoms with E-state index in [1.807, 2.05) is 44.2 Å². The zero-order valence-corrected chi connectivity index (χ0v) is 18.7. The minimum Gasteiger partial charge on any atom is -0.492 e. The highest BCUT2D eigenvalue weighted by Gasteiger charge is 2.17. The van der Waals surface area contributed by atoms with Crippen LogP contribution in [0.3, 0.4) is 0 Å². The molecule has 172 valence electrons. The molecule has 0 aliphatic carbocycles. The molecule has 7 heteroatoms. The van der Waals surface area contributed by atoms with Crippen LogP contribution in [0.1, 0.15) is 36.2 Å². The fourth-order valence-corrected chi connectivity index (χ4v) is 3.24. The molecule has 0 saturated carbocycles. The van der Waals surface area contributed by atoms with Crippen LogP contribution in [0, 0.1) is 5.82 Å². The van der Waals surface area contributed by atoms with Gasteiger partial charge in [-0.05, 0) is 44.0 Å². The maximum Gasteiger partial charge on any atom is 0.255 e. The van der Waals surface area contributed by atoms with Crippen molar-refractivity contribution >= 4 is 23.2 Å². The summed E-state index contributed by atoms with van der Waals surface area (Å²) in [6.45, 7) is 4.34. The third-order valence-electron chi connectivity index (χ3n) is 4.77. The van der Waals surface area contributed by atoms with E-state index >= 15 is 0 Å². The van der Waals surface area contributed by atoms with E-state index in [0.29, 0.717) is 48.9 Å². The zero-order chi connectivity index (χ0) is 23.6. The van der Waals surface area contributed by atoms with Gasteiger partial charge in [-0.25, -0.2) is 4.39 Å². The molecule has 33 heavy (non-hydrogen) atoms. The molecule has 0 atom stereocenters. The second-order valence-electron chi connectivity index (χ2n) is 7.21. The molecular formula is C26H27FN2O4. The quantitative estimate of drug-likeness (QED) is 0.431. The van der Waals surface area contributed by atoms with E-state index in [9.17, 15) is 14.0 Å². The number of halogens is 1. The van der Waals surface area contributed by atoms with Crippen LogP contribution in [0.15, 0.2) is 66.7 Å². The topological polar surface area (TPSA) is 76.7 Å². The molecule has 0 unspecified atom stereocenters. The van der Waals surface area contributed by atoms with Gasteiger partial charge in [0, 0.05) is 24.1 Å². The molecule has 0 spiro atoms. The van der Waals surface area contributed by atoms with Crippen molar-refractivity contribution in [3.05, 3.63) is 83.7 Å². The van der Waals surface area contributed by atoms with Crippen molar-refractivity contribution in [1.29, 1.82) is 0 Å². The maximum absolute atomic E-state index is 13.5. The number of ether oxygens (including phenoxy) is 2. The summed E-state index contributed by atoms with van der Waals surface area (Å²) >= 11 is 0. The molecule has 3 aromatic carbocycles. The Morgan fingerprint density at radius 3 is 2.06 bits per heavy atom. The number of rotatable bonds is 10. The lowest BCUT2D eigenvalue weighted by Crippen LogP contribution is -2.16. The number of carbonyl (C=O) groups is 2. The van der Waals surface area contributed by atoms with Gasteiger partial charge in [-0.2, -0.15) is 0 Å². The largest absolute Gasteiger partial charge is 0.492 e. The van der Waals surface area contributed by atoms with Gasteiger partial charge in [0.2, 0.25) is 5.91 Å². The molecule has 0 radical (unpaired) electrons. The molecule has 0 aliphatic rings. The Balaban J connectivity index is 1.81. The number of hydrogen-bond acceptors (Lipinski definition) is 4. The second-order valence-corrected chi connectivity index (χ2v) is 7.21. The first-order valence-electron chi connectivity index (χ1n) is 10.8. The summed E-state index contributed by atoms with van der Waals surface area (Å²) in [6.07, 6.45) is 0.911. The molecule has 0 fully saturated rings. The average molecular weight is 451 g/mol. The van der Waals surface area contributed by atoms with Gasteiger partial charge in [-0.3, -0.25) is 9.59 Å². The molecule has 2 amide bonds. The van der Waals surface area contributed by atoms with E-state index in [1.54, 1.807) is 12.1 Å². The molecule has 0 heterocycles. The minimum absolute atomic E-state index is 0.168. The fourth-order valence-electron chi connectivity index (χ4n) is 3.24. The number of anilines is 2. The second kappa shape index (κ2) is 11.7. The maximum atomic E-state index is 13.5. The Morgan fingerprint density at radius 1 is 0.818 bits per heavy atom. The summed E-state index contributed by atoms with van der Waals surface area (Å²) in [5.41, 5.74) is 2.05. The minimum atomic E-state index is -0.503. The Hall–Kier alpha value is -3.87. The molecule has 2 N–H and O–H groups in total. The predicted molar refractivity (Wildman–Crippen MR) is 127 cm³/mol. The van der Waals surface area contributed by atoms with E-state index in [1.165, 1.54) is 18.2 Å². The van der Waals surface area contributed by atoms with Gasteiger partial charge >= 0.3 is 0 Å². The van der Waals surface area contributed by atoms with Crippen LogP contribution >= 0.6 is 0 Å². The van der Waals surface area contributed by atoms with Crippen molar-refractivity contribution in [2.45, 2.75) is 26.7 Å². The third kappa shape index (κ3) is 6.80. The first-order valence-corrected chi connectivity index (χ1v) is 10.8. The first kappa shape index (κ1) is 23.8. The summed E-state index contributed by atoms with van der Waals surface area (Å²) in [6, 6.07) is 18.4. The fraction of sp³-hybridized carbons (Fsp3) is 0.231. The van der Waals surface area contributed by atoms with Crippen LogP contribution in [-0.4, -0.2) is 25.0 Å².